The molecule has 6 heteroatoms. The summed E-state index contributed by atoms with van der Waals surface area (Å²) in [5.74, 6) is -1.42. The Morgan fingerprint density at radius 1 is 1.62 bits per heavy atom. The molecule has 1 rings (SSSR count). The van der Waals surface area contributed by atoms with Gasteiger partial charge in [-0.25, -0.2) is 4.79 Å². The zero-order chi connectivity index (χ0) is 9.84. The van der Waals surface area contributed by atoms with Crippen LogP contribution in [0, 0.1) is 0 Å². The van der Waals surface area contributed by atoms with Crippen molar-refractivity contribution in [3.63, 3.8) is 0 Å². The summed E-state index contributed by atoms with van der Waals surface area (Å²) in [5, 5.41) is 8.61. The second-order valence-corrected chi connectivity index (χ2v) is 2.94. The monoisotopic (exact) mass is 207 g/mol. The molecule has 1 N–H and O–H groups in total. The number of hydrogen-bond acceptors (Lipinski definition) is 3. The third-order valence-electron chi connectivity index (χ3n) is 1.81. The first-order valence-electron chi connectivity index (χ1n) is 3.83. The lowest BCUT2D eigenvalue weighted by atomic mass is 10.3. The third kappa shape index (κ3) is 2.57. The van der Waals surface area contributed by atoms with Crippen LogP contribution in [-0.4, -0.2) is 53.6 Å². The Morgan fingerprint density at radius 3 is 2.85 bits per heavy atom. The largest absolute Gasteiger partial charge is 0.479 e. The average Bonchev–Trinajstić information content (AvgIpc) is 2.17. The Kier molecular flexibility index (Phi) is 3.50. The van der Waals surface area contributed by atoms with Gasteiger partial charge in [-0.15, -0.1) is 11.6 Å². The second kappa shape index (κ2) is 4.43. The summed E-state index contributed by atoms with van der Waals surface area (Å²) in [6, 6.07) is 0. The topological polar surface area (TPSA) is 66.8 Å². The van der Waals surface area contributed by atoms with E-state index in [1.807, 2.05) is 0 Å². The number of hydrogen-bond donors (Lipinski definition) is 1. The molecule has 1 amide bonds. The molecule has 1 aliphatic heterocycles. The summed E-state index contributed by atoms with van der Waals surface area (Å²) in [6.45, 7) is 0.746. The molecule has 13 heavy (non-hydrogen) atoms. The molecule has 0 saturated carbocycles. The van der Waals surface area contributed by atoms with Crippen LogP contribution in [-0.2, 0) is 14.3 Å². The molecule has 1 fully saturated rings. The molecule has 0 aromatic rings. The van der Waals surface area contributed by atoms with Crippen LogP contribution in [0.3, 0.4) is 0 Å². The van der Waals surface area contributed by atoms with Crippen LogP contribution in [0.5, 0.6) is 0 Å². The van der Waals surface area contributed by atoms with Crippen LogP contribution >= 0.6 is 11.6 Å². The van der Waals surface area contributed by atoms with Crippen molar-refractivity contribution in [1.82, 2.24) is 4.90 Å². The summed E-state index contributed by atoms with van der Waals surface area (Å²) in [4.78, 5) is 23.0. The molecule has 1 unspecified atom stereocenters. The summed E-state index contributed by atoms with van der Waals surface area (Å²) >= 11 is 5.33. The fourth-order valence-corrected chi connectivity index (χ4v) is 1.28. The molecule has 0 spiro atoms. The van der Waals surface area contributed by atoms with Gasteiger partial charge in [0.25, 0.3) is 0 Å². The number of rotatable bonds is 2. The summed E-state index contributed by atoms with van der Waals surface area (Å²) < 4.78 is 4.93. The maximum absolute atomic E-state index is 11.1. The fraction of sp³-hybridized carbons (Fsp3) is 0.714. The second-order valence-electron chi connectivity index (χ2n) is 2.67. The van der Waals surface area contributed by atoms with Crippen molar-refractivity contribution >= 4 is 23.5 Å². The molecule has 0 aromatic heterocycles. The summed E-state index contributed by atoms with van der Waals surface area (Å²) in [5.41, 5.74) is 0. The van der Waals surface area contributed by atoms with Gasteiger partial charge in [0.1, 0.15) is 5.88 Å². The van der Waals surface area contributed by atoms with Gasteiger partial charge in [0, 0.05) is 6.54 Å². The van der Waals surface area contributed by atoms with Gasteiger partial charge >= 0.3 is 5.97 Å². The maximum atomic E-state index is 11.1. The number of amides is 1. The minimum Gasteiger partial charge on any atom is -0.479 e. The molecule has 1 aliphatic rings. The molecule has 0 aromatic carbocycles. The number of halogens is 1. The van der Waals surface area contributed by atoms with E-state index in [1.165, 1.54) is 4.90 Å². The maximum Gasteiger partial charge on any atom is 0.334 e. The summed E-state index contributed by atoms with van der Waals surface area (Å²) in [6.07, 6.45) is -0.916. The van der Waals surface area contributed by atoms with Crippen molar-refractivity contribution < 1.29 is 19.4 Å². The van der Waals surface area contributed by atoms with E-state index in [4.69, 9.17) is 21.4 Å². The lowest BCUT2D eigenvalue weighted by Crippen LogP contribution is -2.48. The average molecular weight is 208 g/mol. The van der Waals surface area contributed by atoms with E-state index < -0.39 is 12.1 Å². The Bertz CT molecular complexity index is 221. The van der Waals surface area contributed by atoms with E-state index in [2.05, 4.69) is 0 Å². The number of carboxylic acid groups (broad SMARTS) is 1. The Hall–Kier alpha value is -0.810. The highest BCUT2D eigenvalue weighted by atomic mass is 35.5. The van der Waals surface area contributed by atoms with E-state index in [0.29, 0.717) is 6.54 Å². The van der Waals surface area contributed by atoms with E-state index in [9.17, 15) is 9.59 Å². The van der Waals surface area contributed by atoms with Crippen molar-refractivity contribution in [2.75, 3.05) is 25.6 Å². The first-order valence-corrected chi connectivity index (χ1v) is 4.36. The minimum atomic E-state index is -1.05. The molecular formula is C7H10ClNO4. The smallest absolute Gasteiger partial charge is 0.334 e. The number of aliphatic carboxylic acids is 1. The number of alkyl halides is 1. The lowest BCUT2D eigenvalue weighted by Gasteiger charge is -2.30. The van der Waals surface area contributed by atoms with Gasteiger partial charge in [-0.2, -0.15) is 0 Å². The molecule has 0 bridgehead atoms. The molecular weight excluding hydrogens is 198 g/mol. The van der Waals surface area contributed by atoms with Gasteiger partial charge in [0.05, 0.1) is 13.2 Å². The molecule has 1 saturated heterocycles. The highest BCUT2D eigenvalue weighted by Crippen LogP contribution is 2.06. The van der Waals surface area contributed by atoms with Crippen LogP contribution in [0.25, 0.3) is 0 Å². The highest BCUT2D eigenvalue weighted by molar-refractivity contribution is 6.27. The number of carboxylic acids is 1. The van der Waals surface area contributed by atoms with Gasteiger partial charge in [-0.05, 0) is 0 Å². The third-order valence-corrected chi connectivity index (χ3v) is 2.04. The normalized spacial score (nSPS) is 22.8. The SMILES string of the molecule is O=C(O)C1CN(C(=O)CCl)CCO1. The van der Waals surface area contributed by atoms with Crippen molar-refractivity contribution in [2.45, 2.75) is 6.10 Å². The highest BCUT2D eigenvalue weighted by Gasteiger charge is 2.28. The van der Waals surface area contributed by atoms with Crippen LogP contribution in [0.4, 0.5) is 0 Å². The molecule has 74 valence electrons. The Morgan fingerprint density at radius 2 is 2.31 bits per heavy atom. The first-order chi connectivity index (χ1) is 6.15. The number of ether oxygens (including phenoxy) is 1. The van der Waals surface area contributed by atoms with Gasteiger partial charge in [-0.3, -0.25) is 4.79 Å². The first kappa shape index (κ1) is 10.3. The van der Waals surface area contributed by atoms with Crippen LogP contribution in [0.2, 0.25) is 0 Å². The van der Waals surface area contributed by atoms with Gasteiger partial charge in [-0.1, -0.05) is 0 Å². The van der Waals surface area contributed by atoms with Gasteiger partial charge < -0.3 is 14.7 Å². The van der Waals surface area contributed by atoms with Crippen molar-refractivity contribution in [2.24, 2.45) is 0 Å². The fourth-order valence-electron chi connectivity index (χ4n) is 1.11. The molecule has 0 radical (unpaired) electrons. The molecule has 0 aliphatic carbocycles. The van der Waals surface area contributed by atoms with E-state index in [-0.39, 0.29) is 24.9 Å². The number of nitrogens with zero attached hydrogens (tertiary/aromatic N) is 1. The minimum absolute atomic E-state index is 0.0842. The van der Waals surface area contributed by atoms with Gasteiger partial charge in [0.2, 0.25) is 5.91 Å². The summed E-state index contributed by atoms with van der Waals surface area (Å²) in [7, 11) is 0. The molecule has 5 nitrogen and oxygen atoms in total. The standard InChI is InChI=1S/C7H10ClNO4/c8-3-6(10)9-1-2-13-5(4-9)7(11)12/h5H,1-4H2,(H,11,12). The predicted octanol–water partition coefficient (Wildman–Crippen LogP) is -0.463. The number of carbonyl (C=O) groups excluding carboxylic acids is 1. The Balaban J connectivity index is 2.51. The zero-order valence-electron chi connectivity index (χ0n) is 6.90. The van der Waals surface area contributed by atoms with Crippen LogP contribution in [0.15, 0.2) is 0 Å². The predicted molar refractivity (Wildman–Crippen MR) is 44.7 cm³/mol. The van der Waals surface area contributed by atoms with Crippen LogP contribution < -0.4 is 0 Å². The van der Waals surface area contributed by atoms with Crippen molar-refractivity contribution in [3.05, 3.63) is 0 Å². The van der Waals surface area contributed by atoms with Crippen LogP contribution in [0.1, 0.15) is 0 Å². The molecule has 1 heterocycles. The molecule has 1 atom stereocenters. The quantitative estimate of drug-likeness (QED) is 0.622. The van der Waals surface area contributed by atoms with E-state index >= 15 is 0 Å². The van der Waals surface area contributed by atoms with E-state index in [1.54, 1.807) is 0 Å². The van der Waals surface area contributed by atoms with Gasteiger partial charge in [0.15, 0.2) is 6.10 Å². The Labute approximate surface area is 80.2 Å². The van der Waals surface area contributed by atoms with E-state index in [0.717, 1.165) is 0 Å². The lowest BCUT2D eigenvalue weighted by molar-refractivity contribution is -0.158. The van der Waals surface area contributed by atoms with Crippen molar-refractivity contribution in [3.8, 4) is 0 Å². The number of carbonyl (C=O) groups is 2. The van der Waals surface area contributed by atoms with Crippen molar-refractivity contribution in [1.29, 1.82) is 0 Å². The zero-order valence-corrected chi connectivity index (χ0v) is 7.66. The number of morpholine rings is 1.